The van der Waals surface area contributed by atoms with E-state index in [1.807, 2.05) is 6.92 Å². The fraction of sp³-hybridized carbons (Fsp3) is 0.125. The summed E-state index contributed by atoms with van der Waals surface area (Å²) in [4.78, 5) is 27.7. The molecule has 0 aromatic heterocycles. The smallest absolute Gasteiger partial charge is 0.284 e. The molecular formula is C16H15ClN4O3S. The summed E-state index contributed by atoms with van der Waals surface area (Å²) in [5, 5.41) is 12.0. The van der Waals surface area contributed by atoms with Crippen LogP contribution in [-0.2, 0) is 6.42 Å². The van der Waals surface area contributed by atoms with Gasteiger partial charge in [0.15, 0.2) is 5.96 Å². The normalized spacial score (nSPS) is 10.3. The van der Waals surface area contributed by atoms with Gasteiger partial charge in [0, 0.05) is 16.0 Å². The van der Waals surface area contributed by atoms with Crippen LogP contribution >= 0.6 is 23.4 Å². The molecule has 0 heterocycles. The molecule has 0 unspecified atom stereocenters. The van der Waals surface area contributed by atoms with Gasteiger partial charge < -0.3 is 11.5 Å². The van der Waals surface area contributed by atoms with E-state index in [0.717, 1.165) is 4.90 Å². The lowest BCUT2D eigenvalue weighted by atomic mass is 10.0. The Kier molecular flexibility index (Phi) is 6.00. The zero-order valence-corrected chi connectivity index (χ0v) is 14.8. The summed E-state index contributed by atoms with van der Waals surface area (Å²) in [6, 6.07) is 9.80. The van der Waals surface area contributed by atoms with Gasteiger partial charge in [-0.05, 0) is 36.2 Å². The molecule has 0 aliphatic carbocycles. The molecule has 0 atom stereocenters. The minimum atomic E-state index is -0.709. The van der Waals surface area contributed by atoms with E-state index < -0.39 is 16.8 Å². The van der Waals surface area contributed by atoms with Crippen LogP contribution in [0.1, 0.15) is 22.8 Å². The molecule has 0 saturated carbocycles. The maximum absolute atomic E-state index is 12.1. The molecule has 130 valence electrons. The van der Waals surface area contributed by atoms with E-state index in [1.54, 1.807) is 30.3 Å². The third kappa shape index (κ3) is 4.71. The highest BCUT2D eigenvalue weighted by Crippen LogP contribution is 2.37. The van der Waals surface area contributed by atoms with Crippen LogP contribution in [0.4, 0.5) is 5.69 Å². The quantitative estimate of drug-likeness (QED) is 0.355. The summed E-state index contributed by atoms with van der Waals surface area (Å²) in [5.74, 6) is -1.11. The van der Waals surface area contributed by atoms with Crippen LogP contribution in [0.25, 0.3) is 0 Å². The van der Waals surface area contributed by atoms with Crippen LogP contribution in [0.3, 0.4) is 0 Å². The summed E-state index contributed by atoms with van der Waals surface area (Å²) in [5.41, 5.74) is 11.0. The first-order chi connectivity index (χ1) is 11.8. The predicted molar refractivity (Wildman–Crippen MR) is 98.2 cm³/mol. The Morgan fingerprint density at radius 3 is 2.60 bits per heavy atom. The van der Waals surface area contributed by atoms with Crippen LogP contribution in [0.15, 0.2) is 51.2 Å². The molecule has 2 aromatic rings. The highest BCUT2D eigenvalue weighted by molar-refractivity contribution is 7.99. The Labute approximate surface area is 153 Å². The van der Waals surface area contributed by atoms with Gasteiger partial charge in [-0.25, -0.2) is 0 Å². The summed E-state index contributed by atoms with van der Waals surface area (Å²) in [6.45, 7) is 1.83. The predicted octanol–water partition coefficient (Wildman–Crippen LogP) is 3.38. The zero-order valence-electron chi connectivity index (χ0n) is 13.2. The standard InChI is InChI=1S/C16H15ClN4O3S/c1-2-9-6-14(25-11-5-3-4-10(17)7-11)13(21(23)24)8-12(9)15(22)20-16(18)19/h3-8H,2H2,1H3,(H4,18,19,20,22). The van der Waals surface area contributed by atoms with E-state index in [-0.39, 0.29) is 11.3 Å². The van der Waals surface area contributed by atoms with Crippen LogP contribution in [0, 0.1) is 10.1 Å². The maximum atomic E-state index is 12.1. The Morgan fingerprint density at radius 1 is 1.32 bits per heavy atom. The van der Waals surface area contributed by atoms with Crippen molar-refractivity contribution in [3.8, 4) is 0 Å². The summed E-state index contributed by atoms with van der Waals surface area (Å²) in [6.07, 6.45) is 0.488. The van der Waals surface area contributed by atoms with Crippen LogP contribution in [0.2, 0.25) is 5.02 Å². The molecule has 2 aromatic carbocycles. The van der Waals surface area contributed by atoms with Crippen molar-refractivity contribution in [1.82, 2.24) is 0 Å². The van der Waals surface area contributed by atoms with Crippen LogP contribution < -0.4 is 11.5 Å². The maximum Gasteiger partial charge on any atom is 0.284 e. The lowest BCUT2D eigenvalue weighted by Crippen LogP contribution is -2.24. The Morgan fingerprint density at radius 2 is 2.04 bits per heavy atom. The fourth-order valence-corrected chi connectivity index (χ4v) is 3.44. The van der Waals surface area contributed by atoms with Gasteiger partial charge in [-0.15, -0.1) is 0 Å². The molecule has 25 heavy (non-hydrogen) atoms. The van der Waals surface area contributed by atoms with Crippen molar-refractivity contribution in [2.24, 2.45) is 16.5 Å². The third-order valence-corrected chi connectivity index (χ3v) is 4.52. The van der Waals surface area contributed by atoms with E-state index in [4.69, 9.17) is 23.1 Å². The number of aryl methyl sites for hydroxylation is 1. The number of guanidine groups is 1. The minimum Gasteiger partial charge on any atom is -0.370 e. The second-order valence-electron chi connectivity index (χ2n) is 4.99. The molecule has 0 spiro atoms. The highest BCUT2D eigenvalue weighted by Gasteiger charge is 2.22. The Hall–Kier alpha value is -2.58. The monoisotopic (exact) mass is 378 g/mol. The number of nitrogens with two attached hydrogens (primary N) is 2. The molecule has 0 aliphatic heterocycles. The SMILES string of the molecule is CCc1cc(Sc2cccc(Cl)c2)c([N+](=O)[O-])cc1C(=O)N=C(N)N. The fourth-order valence-electron chi connectivity index (χ4n) is 2.16. The molecule has 0 radical (unpaired) electrons. The Bertz CT molecular complexity index is 866. The van der Waals surface area contributed by atoms with Crippen molar-refractivity contribution in [3.63, 3.8) is 0 Å². The van der Waals surface area contributed by atoms with Gasteiger partial charge in [0.05, 0.1) is 15.4 Å². The summed E-state index contributed by atoms with van der Waals surface area (Å²) >= 11 is 7.15. The van der Waals surface area contributed by atoms with Crippen molar-refractivity contribution in [3.05, 3.63) is 62.7 Å². The largest absolute Gasteiger partial charge is 0.370 e. The summed E-state index contributed by atoms with van der Waals surface area (Å²) in [7, 11) is 0. The second-order valence-corrected chi connectivity index (χ2v) is 6.54. The van der Waals surface area contributed by atoms with Gasteiger partial charge in [0.25, 0.3) is 11.6 Å². The number of carbonyl (C=O) groups excluding carboxylic acids is 1. The number of aliphatic imine (C=N–C) groups is 1. The molecule has 2 rings (SSSR count). The van der Waals surface area contributed by atoms with E-state index in [2.05, 4.69) is 4.99 Å². The number of halogens is 1. The number of nitro groups is 1. The average Bonchev–Trinajstić information content (AvgIpc) is 2.53. The lowest BCUT2D eigenvalue weighted by Gasteiger charge is -2.09. The van der Waals surface area contributed by atoms with Gasteiger partial charge in [-0.1, -0.05) is 36.4 Å². The molecule has 0 aliphatic rings. The minimum absolute atomic E-state index is 0.109. The van der Waals surface area contributed by atoms with Gasteiger partial charge in [-0.2, -0.15) is 4.99 Å². The Balaban J connectivity index is 2.55. The number of benzene rings is 2. The molecular weight excluding hydrogens is 364 g/mol. The van der Waals surface area contributed by atoms with Gasteiger partial charge in [0.2, 0.25) is 0 Å². The number of hydrogen-bond donors (Lipinski definition) is 2. The zero-order chi connectivity index (χ0) is 18.6. The summed E-state index contributed by atoms with van der Waals surface area (Å²) < 4.78 is 0. The number of carbonyl (C=O) groups is 1. The first-order valence-corrected chi connectivity index (χ1v) is 8.40. The van der Waals surface area contributed by atoms with E-state index in [0.29, 0.717) is 21.9 Å². The molecule has 0 saturated heterocycles. The molecule has 0 fully saturated rings. The van der Waals surface area contributed by atoms with E-state index in [1.165, 1.54) is 17.8 Å². The van der Waals surface area contributed by atoms with Gasteiger partial charge >= 0.3 is 0 Å². The van der Waals surface area contributed by atoms with Crippen molar-refractivity contribution < 1.29 is 9.72 Å². The first kappa shape index (κ1) is 18.8. The van der Waals surface area contributed by atoms with Crippen molar-refractivity contribution in [1.29, 1.82) is 0 Å². The van der Waals surface area contributed by atoms with Gasteiger partial charge in [-0.3, -0.25) is 14.9 Å². The lowest BCUT2D eigenvalue weighted by molar-refractivity contribution is -0.387. The number of nitrogens with zero attached hydrogens (tertiary/aromatic N) is 2. The number of hydrogen-bond acceptors (Lipinski definition) is 4. The van der Waals surface area contributed by atoms with Gasteiger partial charge in [0.1, 0.15) is 0 Å². The molecule has 4 N–H and O–H groups in total. The average molecular weight is 379 g/mol. The molecule has 0 bridgehead atoms. The number of nitro benzene ring substituents is 1. The number of amides is 1. The third-order valence-electron chi connectivity index (χ3n) is 3.25. The number of rotatable bonds is 5. The van der Waals surface area contributed by atoms with Crippen molar-refractivity contribution in [2.75, 3.05) is 0 Å². The highest BCUT2D eigenvalue weighted by atomic mass is 35.5. The van der Waals surface area contributed by atoms with E-state index in [9.17, 15) is 14.9 Å². The molecule has 1 amide bonds. The molecule has 7 nitrogen and oxygen atoms in total. The van der Waals surface area contributed by atoms with Crippen molar-refractivity contribution >= 4 is 40.9 Å². The molecule has 9 heteroatoms. The topological polar surface area (TPSA) is 125 Å². The van der Waals surface area contributed by atoms with Crippen LogP contribution in [-0.4, -0.2) is 16.8 Å². The van der Waals surface area contributed by atoms with Crippen LogP contribution in [0.5, 0.6) is 0 Å². The second kappa shape index (κ2) is 8.00. The van der Waals surface area contributed by atoms with Crippen molar-refractivity contribution in [2.45, 2.75) is 23.1 Å². The van der Waals surface area contributed by atoms with E-state index >= 15 is 0 Å². The first-order valence-electron chi connectivity index (χ1n) is 7.20.